The number of esters is 1. The molecular weight excluding hydrogens is 184 g/mol. The van der Waals surface area contributed by atoms with E-state index in [0.717, 1.165) is 0 Å². The van der Waals surface area contributed by atoms with Crippen LogP contribution in [0.1, 0.15) is 19.8 Å². The lowest BCUT2D eigenvalue weighted by atomic mass is 10.0. The lowest BCUT2D eigenvalue weighted by Gasteiger charge is -2.17. The van der Waals surface area contributed by atoms with Gasteiger partial charge >= 0.3 is 5.97 Å². The first kappa shape index (κ1) is 10.6. The van der Waals surface area contributed by atoms with E-state index in [1.54, 1.807) is 6.08 Å². The normalized spacial score (nSPS) is 19.2. The molecule has 13 heavy (non-hydrogen) atoms. The Morgan fingerprint density at radius 1 is 1.54 bits per heavy atom. The Balaban J connectivity index is 2.24. The van der Waals surface area contributed by atoms with Crippen LogP contribution >= 0.6 is 11.8 Å². The number of hydrogen-bond acceptors (Lipinski definition) is 3. The first-order valence-electron chi connectivity index (χ1n) is 4.75. The second kappa shape index (κ2) is 6.08. The van der Waals surface area contributed by atoms with E-state index < -0.39 is 0 Å². The number of thioether (sulfide) groups is 1. The molecular formula is C10H16O2S. The number of carbonyl (C=O) groups excluding carboxylic acids is 1. The minimum absolute atomic E-state index is 0.208. The van der Waals surface area contributed by atoms with Crippen LogP contribution in [0, 0.1) is 5.92 Å². The van der Waals surface area contributed by atoms with E-state index in [9.17, 15) is 4.79 Å². The Bertz CT molecular complexity index is 183. The fourth-order valence-electron chi connectivity index (χ4n) is 1.31. The number of rotatable bonds is 3. The van der Waals surface area contributed by atoms with Crippen LogP contribution in [-0.2, 0) is 9.53 Å². The van der Waals surface area contributed by atoms with E-state index >= 15 is 0 Å². The van der Waals surface area contributed by atoms with Crippen LogP contribution in [0.25, 0.3) is 0 Å². The maximum atomic E-state index is 11.0. The van der Waals surface area contributed by atoms with Crippen LogP contribution < -0.4 is 0 Å². The zero-order valence-corrected chi connectivity index (χ0v) is 8.81. The summed E-state index contributed by atoms with van der Waals surface area (Å²) in [7, 11) is 0. The van der Waals surface area contributed by atoms with Crippen LogP contribution in [0.2, 0.25) is 0 Å². The van der Waals surface area contributed by atoms with E-state index in [4.69, 9.17) is 4.74 Å². The van der Waals surface area contributed by atoms with Crippen molar-refractivity contribution in [3.05, 3.63) is 12.2 Å². The molecule has 1 saturated heterocycles. The molecule has 0 aromatic heterocycles. The Labute approximate surface area is 83.7 Å². The molecule has 0 bridgehead atoms. The molecule has 0 N–H and O–H groups in total. The van der Waals surface area contributed by atoms with Gasteiger partial charge < -0.3 is 4.74 Å². The number of carbonyl (C=O) groups is 1. The Kier molecular flexibility index (Phi) is 4.98. The fourth-order valence-corrected chi connectivity index (χ4v) is 2.46. The Hall–Kier alpha value is -0.440. The first-order chi connectivity index (χ1) is 6.33. The molecule has 0 unspecified atom stereocenters. The summed E-state index contributed by atoms with van der Waals surface area (Å²) in [5, 5.41) is 0. The summed E-state index contributed by atoms with van der Waals surface area (Å²) in [6, 6.07) is 0. The van der Waals surface area contributed by atoms with E-state index in [0.29, 0.717) is 12.5 Å². The monoisotopic (exact) mass is 200 g/mol. The van der Waals surface area contributed by atoms with Gasteiger partial charge in [-0.05, 0) is 37.2 Å². The van der Waals surface area contributed by atoms with Gasteiger partial charge in [0.2, 0.25) is 0 Å². The highest BCUT2D eigenvalue weighted by Crippen LogP contribution is 2.23. The van der Waals surface area contributed by atoms with Gasteiger partial charge in [-0.1, -0.05) is 6.08 Å². The Morgan fingerprint density at radius 3 is 2.85 bits per heavy atom. The number of ether oxygens (including phenoxy) is 1. The summed E-state index contributed by atoms with van der Waals surface area (Å²) in [6.45, 7) is 2.28. The fraction of sp³-hybridized carbons (Fsp3) is 0.700. The van der Waals surface area contributed by atoms with Crippen molar-refractivity contribution in [2.24, 2.45) is 5.92 Å². The summed E-state index contributed by atoms with van der Waals surface area (Å²) in [6.07, 6.45) is 5.96. The molecule has 3 heteroatoms. The third kappa shape index (κ3) is 4.36. The van der Waals surface area contributed by atoms with Gasteiger partial charge in [0.1, 0.15) is 0 Å². The molecule has 1 heterocycles. The highest BCUT2D eigenvalue weighted by atomic mass is 32.2. The maximum absolute atomic E-state index is 11.0. The quantitative estimate of drug-likeness (QED) is 0.516. The van der Waals surface area contributed by atoms with Crippen LogP contribution in [0.15, 0.2) is 12.2 Å². The molecule has 1 fully saturated rings. The van der Waals surface area contributed by atoms with Crippen molar-refractivity contribution >= 4 is 17.7 Å². The lowest BCUT2D eigenvalue weighted by molar-refractivity contribution is -0.137. The minimum atomic E-state index is -0.208. The zero-order valence-electron chi connectivity index (χ0n) is 7.99. The standard InChI is InChI=1S/C10H16O2S/c1-2-12-10(11)4-3-9-5-7-13-8-6-9/h3-4,9H,2,5-8H2,1H3. The predicted octanol–water partition coefficient (Wildman–Crippen LogP) is 2.25. The van der Waals surface area contributed by atoms with Gasteiger partial charge in [0.05, 0.1) is 6.61 Å². The van der Waals surface area contributed by atoms with Crippen LogP contribution in [0.3, 0.4) is 0 Å². The summed E-state index contributed by atoms with van der Waals surface area (Å²) < 4.78 is 4.80. The van der Waals surface area contributed by atoms with Crippen molar-refractivity contribution in [2.75, 3.05) is 18.1 Å². The molecule has 0 atom stereocenters. The second-order valence-corrected chi connectivity index (χ2v) is 4.29. The van der Waals surface area contributed by atoms with Gasteiger partial charge in [0, 0.05) is 6.08 Å². The first-order valence-corrected chi connectivity index (χ1v) is 5.91. The van der Waals surface area contributed by atoms with Gasteiger partial charge in [-0.2, -0.15) is 11.8 Å². The smallest absolute Gasteiger partial charge is 0.330 e. The van der Waals surface area contributed by atoms with Crippen molar-refractivity contribution in [3.8, 4) is 0 Å². The van der Waals surface area contributed by atoms with Crippen molar-refractivity contribution in [1.82, 2.24) is 0 Å². The summed E-state index contributed by atoms with van der Waals surface area (Å²) in [5.41, 5.74) is 0. The maximum Gasteiger partial charge on any atom is 0.330 e. The molecule has 0 aromatic carbocycles. The highest BCUT2D eigenvalue weighted by molar-refractivity contribution is 7.99. The minimum Gasteiger partial charge on any atom is -0.463 e. The summed E-state index contributed by atoms with van der Waals surface area (Å²) in [4.78, 5) is 11.0. The number of hydrogen-bond donors (Lipinski definition) is 0. The molecule has 0 spiro atoms. The van der Waals surface area contributed by atoms with E-state index in [-0.39, 0.29) is 5.97 Å². The number of allylic oxidation sites excluding steroid dienone is 1. The SMILES string of the molecule is CCOC(=O)C=CC1CCSCC1. The second-order valence-electron chi connectivity index (χ2n) is 3.06. The molecule has 0 aromatic rings. The van der Waals surface area contributed by atoms with Gasteiger partial charge in [-0.15, -0.1) is 0 Å². The molecule has 0 aliphatic carbocycles. The molecule has 74 valence electrons. The van der Waals surface area contributed by atoms with Crippen LogP contribution in [0.4, 0.5) is 0 Å². The molecule has 0 saturated carbocycles. The largest absolute Gasteiger partial charge is 0.463 e. The van der Waals surface area contributed by atoms with Crippen LogP contribution in [0.5, 0.6) is 0 Å². The predicted molar refractivity (Wildman–Crippen MR) is 55.8 cm³/mol. The summed E-state index contributed by atoms with van der Waals surface area (Å²) >= 11 is 1.99. The van der Waals surface area contributed by atoms with Gasteiger partial charge in [-0.3, -0.25) is 0 Å². The van der Waals surface area contributed by atoms with Gasteiger partial charge in [0.25, 0.3) is 0 Å². The topological polar surface area (TPSA) is 26.3 Å². The molecule has 2 nitrogen and oxygen atoms in total. The van der Waals surface area contributed by atoms with E-state index in [1.165, 1.54) is 24.3 Å². The average molecular weight is 200 g/mol. The highest BCUT2D eigenvalue weighted by Gasteiger charge is 2.10. The molecule has 0 radical (unpaired) electrons. The zero-order chi connectivity index (χ0) is 9.52. The third-order valence-corrected chi connectivity index (χ3v) is 3.11. The van der Waals surface area contributed by atoms with Crippen molar-refractivity contribution in [2.45, 2.75) is 19.8 Å². The van der Waals surface area contributed by atoms with Gasteiger partial charge in [0.15, 0.2) is 0 Å². The Morgan fingerprint density at radius 2 is 2.23 bits per heavy atom. The summed E-state index contributed by atoms with van der Waals surface area (Å²) in [5.74, 6) is 2.82. The van der Waals surface area contributed by atoms with Crippen molar-refractivity contribution in [3.63, 3.8) is 0 Å². The molecule has 1 rings (SSSR count). The van der Waals surface area contributed by atoms with Crippen molar-refractivity contribution < 1.29 is 9.53 Å². The third-order valence-electron chi connectivity index (χ3n) is 2.06. The van der Waals surface area contributed by atoms with E-state index in [2.05, 4.69) is 0 Å². The molecule has 0 amide bonds. The van der Waals surface area contributed by atoms with Crippen molar-refractivity contribution in [1.29, 1.82) is 0 Å². The van der Waals surface area contributed by atoms with E-state index in [1.807, 2.05) is 24.8 Å². The molecule has 1 aliphatic heterocycles. The van der Waals surface area contributed by atoms with Gasteiger partial charge in [-0.25, -0.2) is 4.79 Å². The average Bonchev–Trinajstić information content (AvgIpc) is 2.17. The lowest BCUT2D eigenvalue weighted by Crippen LogP contribution is -2.08. The molecule has 1 aliphatic rings. The van der Waals surface area contributed by atoms with Crippen LogP contribution in [-0.4, -0.2) is 24.1 Å².